The van der Waals surface area contributed by atoms with Gasteiger partial charge in [-0.15, -0.1) is 0 Å². The normalized spacial score (nSPS) is 13.4. The zero-order valence-corrected chi connectivity index (χ0v) is 11.8. The fraction of sp³-hybridized carbons (Fsp3) is 0.385. The van der Waals surface area contributed by atoms with Gasteiger partial charge in [0, 0.05) is 5.56 Å². The second-order valence-electron chi connectivity index (χ2n) is 4.95. The van der Waals surface area contributed by atoms with Crippen molar-refractivity contribution in [1.29, 1.82) is 0 Å². The Morgan fingerprint density at radius 1 is 0.870 bits per heavy atom. The van der Waals surface area contributed by atoms with Crippen LogP contribution in [0.25, 0.3) is 5.69 Å². The first kappa shape index (κ1) is 17.2. The average molecular weight is 341 g/mol. The van der Waals surface area contributed by atoms with Crippen LogP contribution in [-0.2, 0) is 5.67 Å². The Bertz CT molecular complexity index is 664. The lowest BCUT2D eigenvalue weighted by atomic mass is 9.90. The third-order valence-electron chi connectivity index (χ3n) is 3.32. The minimum absolute atomic E-state index is 0.000949. The molecule has 126 valence electrons. The molecule has 1 heterocycles. The second kappa shape index (κ2) is 5.20. The summed E-state index contributed by atoms with van der Waals surface area (Å²) in [6.45, 7) is 2.53. The van der Waals surface area contributed by atoms with Crippen molar-refractivity contribution in [3.8, 4) is 5.69 Å². The van der Waals surface area contributed by atoms with Gasteiger partial charge in [-0.25, -0.2) is 14.1 Å². The number of benzene rings is 1. The first-order valence-electron chi connectivity index (χ1n) is 6.18. The Morgan fingerprint density at radius 3 is 1.70 bits per heavy atom. The van der Waals surface area contributed by atoms with Gasteiger partial charge in [0.15, 0.2) is 0 Å². The predicted octanol–water partition coefficient (Wildman–Crippen LogP) is 4.17. The van der Waals surface area contributed by atoms with E-state index >= 15 is 0 Å². The maximum absolute atomic E-state index is 14.1. The van der Waals surface area contributed by atoms with Crippen LogP contribution in [0, 0.1) is 13.8 Å². The van der Waals surface area contributed by atoms with Gasteiger partial charge in [0.05, 0.1) is 5.69 Å². The van der Waals surface area contributed by atoms with Crippen LogP contribution < -0.4 is 0 Å². The quantitative estimate of drug-likeness (QED) is 0.768. The first-order chi connectivity index (χ1) is 10.4. The topological polar surface area (TPSA) is 30.7 Å². The van der Waals surface area contributed by atoms with E-state index in [4.69, 9.17) is 0 Å². The van der Waals surface area contributed by atoms with Crippen LogP contribution in [0.15, 0.2) is 24.8 Å². The van der Waals surface area contributed by atoms with Gasteiger partial charge in [-0.3, -0.25) is 0 Å². The van der Waals surface area contributed by atoms with Gasteiger partial charge in [0.2, 0.25) is 0 Å². The zero-order chi connectivity index (χ0) is 17.6. The number of rotatable bonds is 2. The average Bonchev–Trinajstić information content (AvgIpc) is 2.87. The smallest absolute Gasteiger partial charge is 0.223 e. The fourth-order valence-electron chi connectivity index (χ4n) is 2.33. The van der Waals surface area contributed by atoms with Crippen molar-refractivity contribution in [1.82, 2.24) is 14.8 Å². The van der Waals surface area contributed by atoms with E-state index in [0.29, 0.717) is 12.1 Å². The second-order valence-corrected chi connectivity index (χ2v) is 4.95. The molecule has 1 aromatic heterocycles. The van der Waals surface area contributed by atoms with Crippen molar-refractivity contribution in [3.05, 3.63) is 41.5 Å². The Morgan fingerprint density at radius 2 is 1.35 bits per heavy atom. The molecule has 3 nitrogen and oxygen atoms in total. The fourth-order valence-corrected chi connectivity index (χ4v) is 2.33. The molecule has 0 aliphatic carbocycles. The minimum Gasteiger partial charge on any atom is -0.223 e. The third kappa shape index (κ3) is 2.66. The maximum Gasteiger partial charge on any atom is 0.435 e. The highest BCUT2D eigenvalue weighted by atomic mass is 19.4. The van der Waals surface area contributed by atoms with Crippen molar-refractivity contribution in [2.75, 3.05) is 0 Å². The molecule has 0 amide bonds. The van der Waals surface area contributed by atoms with E-state index in [1.807, 2.05) is 0 Å². The number of hydrogen-bond donors (Lipinski definition) is 0. The van der Waals surface area contributed by atoms with Crippen molar-refractivity contribution in [3.63, 3.8) is 0 Å². The summed E-state index contributed by atoms with van der Waals surface area (Å²) in [5.74, 6) is 0. The van der Waals surface area contributed by atoms with Crippen molar-refractivity contribution >= 4 is 0 Å². The molecular formula is C13H10F7N3. The summed E-state index contributed by atoms with van der Waals surface area (Å²) >= 11 is 0. The molecule has 0 atom stereocenters. The third-order valence-corrected chi connectivity index (χ3v) is 3.32. The molecule has 0 N–H and O–H groups in total. The Kier molecular flexibility index (Phi) is 3.90. The largest absolute Gasteiger partial charge is 0.435 e. The highest BCUT2D eigenvalue weighted by Crippen LogP contribution is 2.53. The van der Waals surface area contributed by atoms with E-state index in [-0.39, 0.29) is 16.8 Å². The molecule has 23 heavy (non-hydrogen) atoms. The molecule has 2 rings (SSSR count). The number of hydrogen-bond acceptors (Lipinski definition) is 2. The lowest BCUT2D eigenvalue weighted by Crippen LogP contribution is -2.50. The zero-order valence-electron chi connectivity index (χ0n) is 11.8. The molecule has 0 bridgehead atoms. The lowest BCUT2D eigenvalue weighted by molar-refractivity contribution is -0.348. The summed E-state index contributed by atoms with van der Waals surface area (Å²) in [6, 6.07) is 1.04. The number of alkyl halides is 7. The number of aryl methyl sites for hydroxylation is 2. The van der Waals surface area contributed by atoms with Crippen LogP contribution in [0.2, 0.25) is 0 Å². The molecule has 0 fully saturated rings. The van der Waals surface area contributed by atoms with Crippen LogP contribution in [-0.4, -0.2) is 27.1 Å². The van der Waals surface area contributed by atoms with Crippen molar-refractivity contribution in [2.45, 2.75) is 31.9 Å². The maximum atomic E-state index is 14.1. The molecule has 0 aliphatic heterocycles. The van der Waals surface area contributed by atoms with E-state index in [2.05, 4.69) is 10.1 Å². The molecule has 0 unspecified atom stereocenters. The monoisotopic (exact) mass is 341 g/mol. The SMILES string of the molecule is Cc1cc(C(F)(C(F)(F)F)C(F)(F)F)cc(C)c1-n1cncn1. The Labute approximate surface area is 125 Å². The molecule has 2 aromatic rings. The van der Waals surface area contributed by atoms with Gasteiger partial charge in [0.25, 0.3) is 0 Å². The number of aromatic nitrogens is 3. The highest BCUT2D eigenvalue weighted by molar-refractivity contribution is 5.50. The van der Waals surface area contributed by atoms with Crippen LogP contribution in [0.4, 0.5) is 30.7 Å². The van der Waals surface area contributed by atoms with Crippen molar-refractivity contribution in [2.24, 2.45) is 0 Å². The molecule has 0 spiro atoms. The summed E-state index contributed by atoms with van der Waals surface area (Å²) in [7, 11) is 0. The number of halogens is 7. The summed E-state index contributed by atoms with van der Waals surface area (Å²) in [5.41, 5.74) is -6.73. The molecule has 0 saturated carbocycles. The van der Waals surface area contributed by atoms with Crippen LogP contribution in [0.5, 0.6) is 0 Å². The van der Waals surface area contributed by atoms with E-state index in [1.165, 1.54) is 24.9 Å². The molecule has 0 radical (unpaired) electrons. The van der Waals surface area contributed by atoms with Gasteiger partial charge in [0.1, 0.15) is 12.7 Å². The summed E-state index contributed by atoms with van der Waals surface area (Å²) in [4.78, 5) is 3.65. The predicted molar refractivity (Wildman–Crippen MR) is 65.7 cm³/mol. The van der Waals surface area contributed by atoms with Gasteiger partial charge in [-0.05, 0) is 25.0 Å². The Hall–Kier alpha value is -2.13. The summed E-state index contributed by atoms with van der Waals surface area (Å²) in [6.07, 6.45) is -9.90. The molecule has 0 saturated heterocycles. The van der Waals surface area contributed by atoms with Gasteiger partial charge in [-0.1, -0.05) is 12.1 Å². The van der Waals surface area contributed by atoms with Gasteiger partial charge >= 0.3 is 18.0 Å². The summed E-state index contributed by atoms with van der Waals surface area (Å²) in [5, 5.41) is 3.76. The van der Waals surface area contributed by atoms with Gasteiger partial charge < -0.3 is 0 Å². The van der Waals surface area contributed by atoms with Crippen LogP contribution >= 0.6 is 0 Å². The molecular weight excluding hydrogens is 331 g/mol. The Balaban J connectivity index is 2.69. The van der Waals surface area contributed by atoms with Crippen LogP contribution in [0.3, 0.4) is 0 Å². The first-order valence-corrected chi connectivity index (χ1v) is 6.18. The van der Waals surface area contributed by atoms with E-state index in [9.17, 15) is 30.7 Å². The van der Waals surface area contributed by atoms with Gasteiger partial charge in [-0.2, -0.15) is 31.4 Å². The minimum atomic E-state index is -6.14. The van der Waals surface area contributed by atoms with E-state index in [1.54, 1.807) is 0 Å². The van der Waals surface area contributed by atoms with Crippen molar-refractivity contribution < 1.29 is 30.7 Å². The molecule has 1 aromatic carbocycles. The molecule has 0 aliphatic rings. The molecule has 10 heteroatoms. The van der Waals surface area contributed by atoms with E-state index in [0.717, 1.165) is 6.33 Å². The van der Waals surface area contributed by atoms with Crippen LogP contribution in [0.1, 0.15) is 16.7 Å². The summed E-state index contributed by atoms with van der Waals surface area (Å²) < 4.78 is 92.1. The highest BCUT2D eigenvalue weighted by Gasteiger charge is 2.73. The lowest BCUT2D eigenvalue weighted by Gasteiger charge is -2.31. The van der Waals surface area contributed by atoms with E-state index < -0.39 is 23.6 Å². The standard InChI is InChI=1S/C13H10F7N3/c1-7-3-9(11(14,12(15,16)17)13(18,19)20)4-8(2)10(7)23-6-21-5-22-23/h3-6H,1-2H3. The number of nitrogens with zero attached hydrogens (tertiary/aromatic N) is 3.